The van der Waals surface area contributed by atoms with E-state index in [9.17, 15) is 14.2 Å². The highest BCUT2D eigenvalue weighted by atomic mass is 31.2. The summed E-state index contributed by atoms with van der Waals surface area (Å²) in [6.45, 7) is 12.2. The summed E-state index contributed by atoms with van der Waals surface area (Å²) in [6, 6.07) is 0. The molecule has 0 saturated heterocycles. The number of carbonyl (C=O) groups is 2. The van der Waals surface area contributed by atoms with Gasteiger partial charge in [0.25, 0.3) is 0 Å². The molecule has 0 aliphatic carbocycles. The fourth-order valence-electron chi connectivity index (χ4n) is 1.59. The first-order chi connectivity index (χ1) is 10.4. The lowest BCUT2D eigenvalue weighted by Gasteiger charge is -2.22. The van der Waals surface area contributed by atoms with Crippen LogP contribution in [0.2, 0.25) is 0 Å². The number of esters is 1. The van der Waals surface area contributed by atoms with E-state index < -0.39 is 31.1 Å². The Kier molecular flexibility index (Phi) is 9.03. The van der Waals surface area contributed by atoms with Crippen LogP contribution in [0.25, 0.3) is 0 Å². The molecule has 8 heteroatoms. The van der Waals surface area contributed by atoms with Crippen LogP contribution in [0.5, 0.6) is 0 Å². The zero-order valence-electron chi connectivity index (χ0n) is 15.2. The molecular formula is C15H30NO6P. The summed E-state index contributed by atoms with van der Waals surface area (Å²) in [5.41, 5.74) is -1.32. The molecule has 7 nitrogen and oxygen atoms in total. The van der Waals surface area contributed by atoms with Crippen LogP contribution in [0.3, 0.4) is 0 Å². The van der Waals surface area contributed by atoms with Gasteiger partial charge in [-0.3, -0.25) is 18.6 Å². The van der Waals surface area contributed by atoms with Crippen LogP contribution in [-0.2, 0) is 23.1 Å². The average molecular weight is 351 g/mol. The molecule has 0 spiro atoms. The van der Waals surface area contributed by atoms with Crippen LogP contribution >= 0.6 is 7.60 Å². The van der Waals surface area contributed by atoms with Gasteiger partial charge >= 0.3 is 19.2 Å². The molecule has 0 bridgehead atoms. The third kappa shape index (κ3) is 10.5. The van der Waals surface area contributed by atoms with Gasteiger partial charge in [-0.15, -0.1) is 0 Å². The summed E-state index contributed by atoms with van der Waals surface area (Å²) in [7, 11) is -3.89. The Labute approximate surface area is 139 Å². The topological polar surface area (TPSA) is 90.9 Å². The maximum atomic E-state index is 12.5. The average Bonchev–Trinajstić information content (AvgIpc) is 2.29. The number of rotatable bonds is 9. The number of ether oxygens (including phenoxy) is 1. The van der Waals surface area contributed by atoms with E-state index in [0.29, 0.717) is 6.42 Å². The third-order valence-corrected chi connectivity index (χ3v) is 4.26. The van der Waals surface area contributed by atoms with Crippen molar-refractivity contribution in [1.29, 1.82) is 0 Å². The minimum atomic E-state index is -3.89. The van der Waals surface area contributed by atoms with E-state index in [2.05, 4.69) is 5.32 Å². The second kappa shape index (κ2) is 9.40. The fourth-order valence-corrected chi connectivity index (χ4v) is 3.25. The summed E-state index contributed by atoms with van der Waals surface area (Å²) in [6.07, 6.45) is -0.277. The van der Waals surface area contributed by atoms with Crippen LogP contribution in [0, 0.1) is 0 Å². The molecule has 0 aromatic carbocycles. The molecule has 136 valence electrons. The predicted molar refractivity (Wildman–Crippen MR) is 88.5 cm³/mol. The van der Waals surface area contributed by atoms with Gasteiger partial charge < -0.3 is 10.1 Å². The van der Waals surface area contributed by atoms with Gasteiger partial charge in [-0.2, -0.15) is 0 Å². The van der Waals surface area contributed by atoms with Gasteiger partial charge in [-0.1, -0.05) is 0 Å². The van der Waals surface area contributed by atoms with Crippen molar-refractivity contribution in [3.05, 3.63) is 0 Å². The SMILES string of the molecule is CC(C)OP(=O)(OC(C)C)C(=O)NCCCC(=O)OC(C)(C)C. The predicted octanol–water partition coefficient (Wildman–Crippen LogP) is 3.86. The lowest BCUT2D eigenvalue weighted by atomic mass is 10.2. The van der Waals surface area contributed by atoms with Crippen LogP contribution < -0.4 is 5.32 Å². The highest BCUT2D eigenvalue weighted by Crippen LogP contribution is 2.51. The van der Waals surface area contributed by atoms with Gasteiger partial charge in [-0.05, 0) is 54.9 Å². The van der Waals surface area contributed by atoms with E-state index in [0.717, 1.165) is 0 Å². The smallest absolute Gasteiger partial charge is 0.418 e. The highest BCUT2D eigenvalue weighted by molar-refractivity contribution is 7.71. The van der Waals surface area contributed by atoms with Crippen molar-refractivity contribution >= 4 is 19.2 Å². The molecular weight excluding hydrogens is 321 g/mol. The Morgan fingerprint density at radius 2 is 1.52 bits per heavy atom. The molecule has 0 aromatic heterocycles. The standard InChI is InChI=1S/C15H30NO6P/c1-11(2)21-23(19,22-12(3)4)14(18)16-10-8-9-13(17)20-15(5,6)7/h11-12H,8-10H2,1-7H3,(H,16,18). The zero-order valence-corrected chi connectivity index (χ0v) is 16.1. The first-order valence-electron chi connectivity index (χ1n) is 7.83. The van der Waals surface area contributed by atoms with Crippen molar-refractivity contribution in [2.75, 3.05) is 6.54 Å². The monoisotopic (exact) mass is 351 g/mol. The molecule has 1 N–H and O–H groups in total. The summed E-state index contributed by atoms with van der Waals surface area (Å²) in [5, 5.41) is 2.49. The van der Waals surface area contributed by atoms with E-state index >= 15 is 0 Å². The van der Waals surface area contributed by atoms with Crippen LogP contribution in [0.1, 0.15) is 61.3 Å². The largest absolute Gasteiger partial charge is 0.460 e. The Morgan fingerprint density at radius 3 is 1.91 bits per heavy atom. The van der Waals surface area contributed by atoms with Crippen molar-refractivity contribution in [1.82, 2.24) is 5.32 Å². The van der Waals surface area contributed by atoms with Crippen LogP contribution in [0.15, 0.2) is 0 Å². The minimum Gasteiger partial charge on any atom is -0.460 e. The van der Waals surface area contributed by atoms with Crippen molar-refractivity contribution in [3.8, 4) is 0 Å². The second-order valence-corrected chi connectivity index (χ2v) is 8.55. The first kappa shape index (κ1) is 22.1. The number of amides is 1. The highest BCUT2D eigenvalue weighted by Gasteiger charge is 2.37. The molecule has 0 heterocycles. The number of nitrogens with one attached hydrogen (secondary N) is 1. The molecule has 0 saturated carbocycles. The molecule has 0 unspecified atom stereocenters. The maximum absolute atomic E-state index is 12.5. The molecule has 0 fully saturated rings. The number of hydrogen-bond acceptors (Lipinski definition) is 6. The third-order valence-electron chi connectivity index (χ3n) is 2.20. The van der Waals surface area contributed by atoms with Gasteiger partial charge in [0.2, 0.25) is 0 Å². The van der Waals surface area contributed by atoms with E-state index in [4.69, 9.17) is 13.8 Å². The van der Waals surface area contributed by atoms with Crippen LogP contribution in [0.4, 0.5) is 4.79 Å². The van der Waals surface area contributed by atoms with Crippen molar-refractivity contribution in [2.24, 2.45) is 0 Å². The number of hydrogen-bond donors (Lipinski definition) is 1. The summed E-state index contributed by atoms with van der Waals surface area (Å²) in [4.78, 5) is 23.6. The van der Waals surface area contributed by atoms with Gasteiger partial charge in [0.05, 0.1) is 12.2 Å². The van der Waals surface area contributed by atoms with E-state index in [-0.39, 0.29) is 18.9 Å². The quantitative estimate of drug-likeness (QED) is 0.385. The molecule has 0 aliphatic heterocycles. The van der Waals surface area contributed by atoms with Gasteiger partial charge in [-0.25, -0.2) is 4.57 Å². The lowest BCUT2D eigenvalue weighted by Crippen LogP contribution is -2.28. The minimum absolute atomic E-state index is 0.165. The van der Waals surface area contributed by atoms with Crippen LogP contribution in [-0.4, -0.2) is 36.0 Å². The molecule has 23 heavy (non-hydrogen) atoms. The molecule has 1 amide bonds. The van der Waals surface area contributed by atoms with Gasteiger partial charge in [0.15, 0.2) is 0 Å². The summed E-state index contributed by atoms with van der Waals surface area (Å²) in [5.74, 6) is -0.341. The second-order valence-electron chi connectivity index (χ2n) is 6.73. The van der Waals surface area contributed by atoms with E-state index in [1.807, 2.05) is 0 Å². The Bertz CT molecular complexity index is 428. The first-order valence-corrected chi connectivity index (χ1v) is 9.37. The molecule has 0 aliphatic rings. The lowest BCUT2D eigenvalue weighted by molar-refractivity contribution is -0.154. The van der Waals surface area contributed by atoms with Gasteiger partial charge in [0, 0.05) is 13.0 Å². The summed E-state index contributed by atoms with van der Waals surface area (Å²) >= 11 is 0. The van der Waals surface area contributed by atoms with Gasteiger partial charge in [0.1, 0.15) is 5.60 Å². The van der Waals surface area contributed by atoms with Crippen molar-refractivity contribution in [3.63, 3.8) is 0 Å². The molecule has 0 atom stereocenters. The Hall–Kier alpha value is -0.910. The van der Waals surface area contributed by atoms with E-state index in [1.165, 1.54) is 0 Å². The van der Waals surface area contributed by atoms with Crippen molar-refractivity contribution < 1.29 is 27.9 Å². The fraction of sp³-hybridized carbons (Fsp3) is 0.867. The Balaban J connectivity index is 4.39. The molecule has 0 rings (SSSR count). The Morgan fingerprint density at radius 1 is 1.04 bits per heavy atom. The van der Waals surface area contributed by atoms with E-state index in [1.54, 1.807) is 48.5 Å². The van der Waals surface area contributed by atoms with Crippen molar-refractivity contribution in [2.45, 2.75) is 79.1 Å². The zero-order chi connectivity index (χ0) is 18.3. The molecule has 0 aromatic rings. The summed E-state index contributed by atoms with van der Waals surface area (Å²) < 4.78 is 28.0. The molecule has 0 radical (unpaired) electrons. The maximum Gasteiger partial charge on any atom is 0.418 e. The normalized spacial score (nSPS) is 12.6. The number of carbonyl (C=O) groups excluding carboxylic acids is 2.